The van der Waals surface area contributed by atoms with Crippen molar-refractivity contribution < 1.29 is 13.2 Å². The molecule has 1 aromatic carbocycles. The molecule has 0 bridgehead atoms. The van der Waals surface area contributed by atoms with Crippen LogP contribution in [0.2, 0.25) is 5.02 Å². The summed E-state index contributed by atoms with van der Waals surface area (Å²) in [6.45, 7) is 0. The Balaban J connectivity index is 2.41. The maximum Gasteiger partial charge on any atom is 0.416 e. The van der Waals surface area contributed by atoms with E-state index in [1.54, 1.807) is 12.1 Å². The van der Waals surface area contributed by atoms with E-state index in [0.717, 1.165) is 12.1 Å². The van der Waals surface area contributed by atoms with E-state index in [9.17, 15) is 13.2 Å². The molecule has 3 N–H and O–H groups in total. The van der Waals surface area contributed by atoms with E-state index in [2.05, 4.69) is 10.3 Å². The van der Waals surface area contributed by atoms with Gasteiger partial charge in [0.05, 0.1) is 11.1 Å². The first-order chi connectivity index (χ1) is 9.77. The van der Waals surface area contributed by atoms with Crippen molar-refractivity contribution in [2.75, 3.05) is 5.32 Å². The Morgan fingerprint density at radius 3 is 2.62 bits per heavy atom. The van der Waals surface area contributed by atoms with Crippen LogP contribution in [0.25, 0.3) is 0 Å². The third-order valence-corrected chi connectivity index (χ3v) is 3.00. The van der Waals surface area contributed by atoms with E-state index < -0.39 is 11.7 Å². The van der Waals surface area contributed by atoms with Gasteiger partial charge in [0, 0.05) is 16.9 Å². The minimum atomic E-state index is -4.49. The topological polar surface area (TPSA) is 50.9 Å². The number of hydrogen-bond donors (Lipinski definition) is 2. The molecule has 0 fully saturated rings. The number of nitrogens with zero attached hydrogens (tertiary/aromatic N) is 1. The van der Waals surface area contributed by atoms with Gasteiger partial charge in [-0.1, -0.05) is 23.8 Å². The lowest BCUT2D eigenvalue weighted by Crippen LogP contribution is -2.13. The number of rotatable bonds is 3. The zero-order valence-electron chi connectivity index (χ0n) is 10.4. The first-order valence-corrected chi connectivity index (χ1v) is 6.45. The summed E-state index contributed by atoms with van der Waals surface area (Å²) >= 11 is 10.6. The van der Waals surface area contributed by atoms with Crippen molar-refractivity contribution in [3.63, 3.8) is 0 Å². The largest absolute Gasteiger partial charge is 0.416 e. The van der Waals surface area contributed by atoms with E-state index in [0.29, 0.717) is 5.56 Å². The number of thiocarbonyl (C=S) groups is 1. The van der Waals surface area contributed by atoms with E-state index >= 15 is 0 Å². The predicted molar refractivity (Wildman–Crippen MR) is 79.9 cm³/mol. The molecule has 0 amide bonds. The smallest absolute Gasteiger partial charge is 0.389 e. The maximum absolute atomic E-state index is 12.8. The van der Waals surface area contributed by atoms with Gasteiger partial charge in [-0.3, -0.25) is 0 Å². The Morgan fingerprint density at radius 1 is 1.29 bits per heavy atom. The molecule has 0 atom stereocenters. The molecule has 2 aromatic rings. The zero-order valence-corrected chi connectivity index (χ0v) is 12.0. The number of benzene rings is 1. The number of hydrogen-bond acceptors (Lipinski definition) is 3. The third-order valence-electron chi connectivity index (χ3n) is 2.56. The SMILES string of the molecule is NC(=S)c1cccnc1Nc1cc(Cl)cc(C(F)(F)F)c1. The van der Waals surface area contributed by atoms with Crippen molar-refractivity contribution in [3.05, 3.63) is 52.7 Å². The number of nitrogens with two attached hydrogens (primary N) is 1. The molecule has 1 heterocycles. The van der Waals surface area contributed by atoms with Crippen molar-refractivity contribution >= 4 is 40.3 Å². The summed E-state index contributed by atoms with van der Waals surface area (Å²) in [6.07, 6.45) is -3.02. The molecular formula is C13H9ClF3N3S. The lowest BCUT2D eigenvalue weighted by molar-refractivity contribution is -0.137. The van der Waals surface area contributed by atoms with E-state index in [1.807, 2.05) is 0 Å². The summed E-state index contributed by atoms with van der Waals surface area (Å²) in [5, 5.41) is 2.70. The Hall–Kier alpha value is -1.86. The molecule has 1 aromatic heterocycles. The molecular weight excluding hydrogens is 323 g/mol. The molecule has 0 aliphatic heterocycles. The highest BCUT2D eigenvalue weighted by molar-refractivity contribution is 7.80. The minimum absolute atomic E-state index is 0.0415. The van der Waals surface area contributed by atoms with Gasteiger partial charge in [0.15, 0.2) is 0 Å². The molecule has 0 saturated carbocycles. The summed E-state index contributed by atoms with van der Waals surface area (Å²) in [5.74, 6) is 0.264. The Labute approximate surface area is 128 Å². The summed E-state index contributed by atoms with van der Waals surface area (Å²) in [4.78, 5) is 4.10. The summed E-state index contributed by atoms with van der Waals surface area (Å²) in [5.41, 5.74) is 5.26. The second-order valence-corrected chi connectivity index (χ2v) is 4.99. The fraction of sp³-hybridized carbons (Fsp3) is 0.0769. The average Bonchev–Trinajstić information content (AvgIpc) is 2.37. The molecule has 0 saturated heterocycles. The number of halogens is 4. The van der Waals surface area contributed by atoms with Crippen LogP contribution in [-0.4, -0.2) is 9.97 Å². The molecule has 0 spiro atoms. The van der Waals surface area contributed by atoms with Crippen LogP contribution in [0.3, 0.4) is 0 Å². The number of aromatic nitrogens is 1. The third kappa shape index (κ3) is 3.83. The highest BCUT2D eigenvalue weighted by Crippen LogP contribution is 2.34. The lowest BCUT2D eigenvalue weighted by atomic mass is 10.2. The van der Waals surface area contributed by atoms with Crippen LogP contribution >= 0.6 is 23.8 Å². The van der Waals surface area contributed by atoms with Crippen LogP contribution in [0.15, 0.2) is 36.5 Å². The molecule has 0 unspecified atom stereocenters. The second kappa shape index (κ2) is 5.87. The fourth-order valence-electron chi connectivity index (χ4n) is 1.67. The molecule has 2 rings (SSSR count). The van der Waals surface area contributed by atoms with Crippen LogP contribution in [0, 0.1) is 0 Å². The minimum Gasteiger partial charge on any atom is -0.389 e. The van der Waals surface area contributed by atoms with Gasteiger partial charge in [-0.25, -0.2) is 4.98 Å². The highest BCUT2D eigenvalue weighted by atomic mass is 35.5. The second-order valence-electron chi connectivity index (χ2n) is 4.12. The molecule has 8 heteroatoms. The van der Waals surface area contributed by atoms with Gasteiger partial charge in [-0.15, -0.1) is 0 Å². The highest BCUT2D eigenvalue weighted by Gasteiger charge is 2.31. The zero-order chi connectivity index (χ0) is 15.6. The lowest BCUT2D eigenvalue weighted by Gasteiger charge is -2.13. The first kappa shape index (κ1) is 15.5. The van der Waals surface area contributed by atoms with Gasteiger partial charge in [0.2, 0.25) is 0 Å². The van der Waals surface area contributed by atoms with E-state index in [-0.39, 0.29) is 21.5 Å². The van der Waals surface area contributed by atoms with Gasteiger partial charge in [-0.05, 0) is 30.3 Å². The normalized spacial score (nSPS) is 11.2. The first-order valence-electron chi connectivity index (χ1n) is 5.67. The molecule has 3 nitrogen and oxygen atoms in total. The monoisotopic (exact) mass is 331 g/mol. The summed E-state index contributed by atoms with van der Waals surface area (Å²) < 4.78 is 38.3. The van der Waals surface area contributed by atoms with Crippen LogP contribution in [0.4, 0.5) is 24.7 Å². The van der Waals surface area contributed by atoms with Crippen molar-refractivity contribution in [1.82, 2.24) is 4.98 Å². The van der Waals surface area contributed by atoms with Gasteiger partial charge < -0.3 is 11.1 Å². The Morgan fingerprint density at radius 2 is 2.00 bits per heavy atom. The van der Waals surface area contributed by atoms with Gasteiger partial charge in [0.1, 0.15) is 10.8 Å². The Bertz CT molecular complexity index is 689. The van der Waals surface area contributed by atoms with Crippen LogP contribution in [0.1, 0.15) is 11.1 Å². The number of pyridine rings is 1. The van der Waals surface area contributed by atoms with Gasteiger partial charge >= 0.3 is 6.18 Å². The molecule has 110 valence electrons. The van der Waals surface area contributed by atoms with E-state index in [1.165, 1.54) is 12.3 Å². The summed E-state index contributed by atoms with van der Waals surface area (Å²) in [7, 11) is 0. The van der Waals surface area contributed by atoms with Crippen molar-refractivity contribution in [2.24, 2.45) is 5.73 Å². The molecule has 0 aliphatic rings. The van der Waals surface area contributed by atoms with Crippen molar-refractivity contribution in [2.45, 2.75) is 6.18 Å². The number of alkyl halides is 3. The molecule has 21 heavy (non-hydrogen) atoms. The molecule has 0 radical (unpaired) electrons. The van der Waals surface area contributed by atoms with Crippen molar-refractivity contribution in [1.29, 1.82) is 0 Å². The van der Waals surface area contributed by atoms with Crippen LogP contribution in [-0.2, 0) is 6.18 Å². The predicted octanol–water partition coefficient (Wildman–Crippen LogP) is 4.13. The average molecular weight is 332 g/mol. The Kier molecular flexibility index (Phi) is 4.34. The van der Waals surface area contributed by atoms with Crippen LogP contribution in [0.5, 0.6) is 0 Å². The standard InChI is InChI=1S/C13H9ClF3N3S/c14-8-4-7(13(15,16)17)5-9(6-8)20-12-10(11(18)21)2-1-3-19-12/h1-6H,(H2,18,21)(H,19,20). The van der Waals surface area contributed by atoms with Gasteiger partial charge in [-0.2, -0.15) is 13.2 Å². The quantitative estimate of drug-likeness (QED) is 0.830. The fourth-order valence-corrected chi connectivity index (χ4v) is 2.07. The van der Waals surface area contributed by atoms with Crippen LogP contribution < -0.4 is 11.1 Å². The molecule has 0 aliphatic carbocycles. The maximum atomic E-state index is 12.8. The number of nitrogens with one attached hydrogen (secondary N) is 1. The van der Waals surface area contributed by atoms with Gasteiger partial charge in [0.25, 0.3) is 0 Å². The van der Waals surface area contributed by atoms with E-state index in [4.69, 9.17) is 29.6 Å². The number of anilines is 2. The van der Waals surface area contributed by atoms with Crippen molar-refractivity contribution in [3.8, 4) is 0 Å². The summed E-state index contributed by atoms with van der Waals surface area (Å²) in [6, 6.07) is 6.38.